The van der Waals surface area contributed by atoms with E-state index in [4.69, 9.17) is 9.47 Å². The van der Waals surface area contributed by atoms with Gasteiger partial charge in [-0.2, -0.15) is 5.26 Å². The maximum atomic E-state index is 12.4. The summed E-state index contributed by atoms with van der Waals surface area (Å²) < 4.78 is 11.2. The lowest BCUT2D eigenvalue weighted by Gasteiger charge is -2.11. The second-order valence-electron chi connectivity index (χ2n) is 6.72. The van der Waals surface area contributed by atoms with E-state index in [9.17, 15) is 10.1 Å². The Bertz CT molecular complexity index is 1160. The van der Waals surface area contributed by atoms with Crippen molar-refractivity contribution in [3.05, 3.63) is 63.7 Å². The SMILES string of the molecule is CCCCOc1ccc(/C=C(\C#N)c2nc3cc(C)ccc3c(=O)[nH]2)cc1OC. The van der Waals surface area contributed by atoms with Crippen LogP contribution in [0.3, 0.4) is 0 Å². The Hall–Kier alpha value is -3.59. The molecule has 1 N–H and O–H groups in total. The zero-order valence-electron chi connectivity index (χ0n) is 16.8. The molecule has 0 aliphatic carbocycles. The van der Waals surface area contributed by atoms with Gasteiger partial charge in [-0.25, -0.2) is 4.98 Å². The first-order valence-electron chi connectivity index (χ1n) is 9.49. The summed E-state index contributed by atoms with van der Waals surface area (Å²) in [5.41, 5.74) is 2.28. The van der Waals surface area contributed by atoms with Gasteiger partial charge in [-0.15, -0.1) is 0 Å². The van der Waals surface area contributed by atoms with E-state index < -0.39 is 0 Å². The summed E-state index contributed by atoms with van der Waals surface area (Å²) in [6.45, 7) is 4.65. The first kappa shape index (κ1) is 20.2. The molecule has 0 aliphatic rings. The lowest BCUT2D eigenvalue weighted by Crippen LogP contribution is -2.11. The molecule has 0 radical (unpaired) electrons. The fourth-order valence-corrected chi connectivity index (χ4v) is 2.92. The number of allylic oxidation sites excluding steroid dienone is 1. The number of hydrogen-bond acceptors (Lipinski definition) is 5. The number of nitriles is 1. The molecule has 1 heterocycles. The second-order valence-corrected chi connectivity index (χ2v) is 6.72. The molecule has 0 bridgehead atoms. The third-order valence-electron chi connectivity index (χ3n) is 4.49. The van der Waals surface area contributed by atoms with Gasteiger partial charge in [0.15, 0.2) is 17.3 Å². The minimum Gasteiger partial charge on any atom is -0.493 e. The van der Waals surface area contributed by atoms with Crippen LogP contribution in [0.15, 0.2) is 41.2 Å². The van der Waals surface area contributed by atoms with E-state index in [1.54, 1.807) is 25.3 Å². The van der Waals surface area contributed by atoms with Crippen molar-refractivity contribution in [1.29, 1.82) is 5.26 Å². The zero-order chi connectivity index (χ0) is 20.8. The summed E-state index contributed by atoms with van der Waals surface area (Å²) in [4.78, 5) is 19.6. The number of fused-ring (bicyclic) bond motifs is 1. The van der Waals surface area contributed by atoms with Gasteiger partial charge in [0.05, 0.1) is 30.2 Å². The molecule has 148 valence electrons. The lowest BCUT2D eigenvalue weighted by molar-refractivity contribution is 0.288. The number of hydrogen-bond donors (Lipinski definition) is 1. The van der Waals surface area contributed by atoms with Crippen LogP contribution in [0.1, 0.15) is 36.7 Å². The Morgan fingerprint density at radius 1 is 1.24 bits per heavy atom. The van der Waals surface area contributed by atoms with Gasteiger partial charge >= 0.3 is 0 Å². The molecule has 0 saturated heterocycles. The summed E-state index contributed by atoms with van der Waals surface area (Å²) in [5.74, 6) is 1.48. The maximum Gasteiger partial charge on any atom is 0.259 e. The van der Waals surface area contributed by atoms with E-state index in [2.05, 4.69) is 23.0 Å². The molecule has 0 saturated carbocycles. The summed E-state index contributed by atoms with van der Waals surface area (Å²) in [7, 11) is 1.57. The zero-order valence-corrected chi connectivity index (χ0v) is 16.8. The fraction of sp³-hybridized carbons (Fsp3) is 0.261. The molecule has 0 unspecified atom stereocenters. The summed E-state index contributed by atoms with van der Waals surface area (Å²) in [6.07, 6.45) is 3.67. The largest absolute Gasteiger partial charge is 0.493 e. The molecule has 1 aromatic heterocycles. The monoisotopic (exact) mass is 389 g/mol. The fourth-order valence-electron chi connectivity index (χ4n) is 2.92. The molecule has 29 heavy (non-hydrogen) atoms. The summed E-state index contributed by atoms with van der Waals surface area (Å²) >= 11 is 0. The third-order valence-corrected chi connectivity index (χ3v) is 4.49. The normalized spacial score (nSPS) is 11.3. The van der Waals surface area contributed by atoms with E-state index in [0.717, 1.165) is 24.0 Å². The predicted molar refractivity (Wildman–Crippen MR) is 114 cm³/mol. The highest BCUT2D eigenvalue weighted by atomic mass is 16.5. The molecular formula is C23H23N3O3. The molecule has 0 aliphatic heterocycles. The standard InChI is InChI=1S/C23H23N3O3/c1-4-5-10-29-20-9-7-16(13-21(20)28-3)12-17(14-24)22-25-19-11-15(2)6-8-18(19)23(27)26-22/h6-9,11-13H,4-5,10H2,1-3H3,(H,25,26,27)/b17-12+. The first-order valence-corrected chi connectivity index (χ1v) is 9.49. The van der Waals surface area contributed by atoms with Crippen molar-refractivity contribution in [3.63, 3.8) is 0 Å². The Morgan fingerprint density at radius 3 is 2.79 bits per heavy atom. The molecule has 3 aromatic rings. The summed E-state index contributed by atoms with van der Waals surface area (Å²) in [6, 6.07) is 13.0. The highest BCUT2D eigenvalue weighted by Gasteiger charge is 2.10. The van der Waals surface area contributed by atoms with Gasteiger partial charge in [0, 0.05) is 0 Å². The van der Waals surface area contributed by atoms with Gasteiger partial charge < -0.3 is 14.5 Å². The Labute approximate surface area is 169 Å². The van der Waals surface area contributed by atoms with Crippen molar-refractivity contribution < 1.29 is 9.47 Å². The van der Waals surface area contributed by atoms with Crippen molar-refractivity contribution in [2.45, 2.75) is 26.7 Å². The number of benzene rings is 2. The minimum absolute atomic E-state index is 0.234. The highest BCUT2D eigenvalue weighted by molar-refractivity contribution is 5.89. The minimum atomic E-state index is -0.275. The van der Waals surface area contributed by atoms with Crippen LogP contribution in [0.5, 0.6) is 11.5 Å². The van der Waals surface area contributed by atoms with E-state index in [0.29, 0.717) is 29.0 Å². The Balaban J connectivity index is 1.99. The average molecular weight is 389 g/mol. The molecule has 0 amide bonds. The van der Waals surface area contributed by atoms with Gasteiger partial charge in [0.25, 0.3) is 5.56 Å². The topological polar surface area (TPSA) is 88.0 Å². The van der Waals surface area contributed by atoms with Crippen LogP contribution < -0.4 is 15.0 Å². The van der Waals surface area contributed by atoms with Crippen molar-refractivity contribution in [2.75, 3.05) is 13.7 Å². The summed E-state index contributed by atoms with van der Waals surface area (Å²) in [5, 5.41) is 10.1. The molecule has 3 rings (SSSR count). The number of aromatic nitrogens is 2. The van der Waals surface area contributed by atoms with Gasteiger partial charge in [-0.05, 0) is 54.8 Å². The second kappa shape index (κ2) is 9.07. The molecule has 6 heteroatoms. The van der Waals surface area contributed by atoms with Crippen molar-refractivity contribution in [2.24, 2.45) is 0 Å². The number of aryl methyl sites for hydroxylation is 1. The van der Waals surface area contributed by atoms with Crippen LogP contribution in [0, 0.1) is 18.3 Å². The van der Waals surface area contributed by atoms with Crippen LogP contribution in [0.4, 0.5) is 0 Å². The van der Waals surface area contributed by atoms with Crippen LogP contribution in [0.25, 0.3) is 22.6 Å². The van der Waals surface area contributed by atoms with Crippen LogP contribution in [-0.2, 0) is 0 Å². The number of aromatic amines is 1. The predicted octanol–water partition coefficient (Wildman–Crippen LogP) is 4.48. The maximum absolute atomic E-state index is 12.4. The third kappa shape index (κ3) is 4.64. The average Bonchev–Trinajstić information content (AvgIpc) is 2.72. The van der Waals surface area contributed by atoms with Crippen molar-refractivity contribution in [1.82, 2.24) is 9.97 Å². The van der Waals surface area contributed by atoms with Crippen LogP contribution in [-0.4, -0.2) is 23.7 Å². The van der Waals surface area contributed by atoms with Crippen LogP contribution in [0.2, 0.25) is 0 Å². The quantitative estimate of drug-likeness (QED) is 0.475. The van der Waals surface area contributed by atoms with Crippen molar-refractivity contribution in [3.8, 4) is 17.6 Å². The number of ether oxygens (including phenoxy) is 2. The van der Waals surface area contributed by atoms with Crippen LogP contribution >= 0.6 is 0 Å². The van der Waals surface area contributed by atoms with Gasteiger partial charge in [-0.1, -0.05) is 25.5 Å². The number of methoxy groups -OCH3 is 1. The van der Waals surface area contributed by atoms with Gasteiger partial charge in [0.1, 0.15) is 6.07 Å². The number of rotatable bonds is 7. The van der Waals surface area contributed by atoms with E-state index >= 15 is 0 Å². The van der Waals surface area contributed by atoms with E-state index in [1.807, 2.05) is 31.2 Å². The van der Waals surface area contributed by atoms with E-state index in [1.165, 1.54) is 0 Å². The molecule has 0 spiro atoms. The van der Waals surface area contributed by atoms with Gasteiger partial charge in [-0.3, -0.25) is 4.79 Å². The molecule has 0 atom stereocenters. The molecular weight excluding hydrogens is 366 g/mol. The van der Waals surface area contributed by atoms with Crippen molar-refractivity contribution >= 4 is 22.6 Å². The smallest absolute Gasteiger partial charge is 0.259 e. The lowest BCUT2D eigenvalue weighted by atomic mass is 10.1. The molecule has 6 nitrogen and oxygen atoms in total. The number of nitrogens with one attached hydrogen (secondary N) is 1. The Morgan fingerprint density at radius 2 is 2.07 bits per heavy atom. The van der Waals surface area contributed by atoms with Gasteiger partial charge in [0.2, 0.25) is 0 Å². The van der Waals surface area contributed by atoms with E-state index in [-0.39, 0.29) is 17.0 Å². The molecule has 0 fully saturated rings. The first-order chi connectivity index (χ1) is 14.0. The number of nitrogens with zero attached hydrogens (tertiary/aromatic N) is 2. The number of H-pyrrole nitrogens is 1. The highest BCUT2D eigenvalue weighted by Crippen LogP contribution is 2.29. The number of unbranched alkanes of at least 4 members (excludes halogenated alkanes) is 1. The Kier molecular flexibility index (Phi) is 6.30. The molecule has 2 aromatic carbocycles.